The minimum atomic E-state index is -0.697. The number of amides is 2. The summed E-state index contributed by atoms with van der Waals surface area (Å²) < 4.78 is 0. The first-order chi connectivity index (χ1) is 12.9. The van der Waals surface area contributed by atoms with Crippen LogP contribution in [-0.4, -0.2) is 42.8 Å². The van der Waals surface area contributed by atoms with Crippen molar-refractivity contribution >= 4 is 29.3 Å². The molecule has 138 valence electrons. The van der Waals surface area contributed by atoms with Gasteiger partial charge >= 0.3 is 0 Å². The third-order valence-electron chi connectivity index (χ3n) is 3.59. The smallest absolute Gasteiger partial charge is 0.254 e. The van der Waals surface area contributed by atoms with Gasteiger partial charge in [-0.1, -0.05) is 6.07 Å². The Hall–Kier alpha value is -4.02. The van der Waals surface area contributed by atoms with Gasteiger partial charge in [-0.05, 0) is 25.1 Å². The van der Waals surface area contributed by atoms with Crippen LogP contribution in [0.25, 0.3) is 5.69 Å². The highest BCUT2D eigenvalue weighted by Crippen LogP contribution is 2.21. The molecule has 0 radical (unpaired) electrons. The van der Waals surface area contributed by atoms with Crippen molar-refractivity contribution in [2.24, 2.45) is 11.5 Å². The number of nitrogens with zero attached hydrogens (tertiary/aromatic N) is 5. The summed E-state index contributed by atoms with van der Waals surface area (Å²) in [4.78, 5) is 32.6. The van der Waals surface area contributed by atoms with Crippen LogP contribution in [0.3, 0.4) is 0 Å². The molecule has 0 fully saturated rings. The minimum absolute atomic E-state index is 0.0925. The maximum Gasteiger partial charge on any atom is 0.254 e. The van der Waals surface area contributed by atoms with E-state index in [0.29, 0.717) is 11.4 Å². The second-order valence-corrected chi connectivity index (χ2v) is 5.58. The molecule has 11 nitrogen and oxygen atoms in total. The Morgan fingerprint density at radius 3 is 2.59 bits per heavy atom. The lowest BCUT2D eigenvalue weighted by Gasteiger charge is -2.14. The Morgan fingerprint density at radius 1 is 1.19 bits per heavy atom. The number of aromatic nitrogens is 5. The molecule has 2 aromatic heterocycles. The van der Waals surface area contributed by atoms with Gasteiger partial charge in [0.25, 0.3) is 5.91 Å². The molecule has 0 aliphatic heterocycles. The Kier molecular flexibility index (Phi) is 4.92. The van der Waals surface area contributed by atoms with E-state index < -0.39 is 17.9 Å². The number of anilines is 3. The van der Waals surface area contributed by atoms with Crippen molar-refractivity contribution < 1.29 is 9.59 Å². The normalized spacial score (nSPS) is 11.6. The third kappa shape index (κ3) is 4.15. The van der Waals surface area contributed by atoms with Gasteiger partial charge < -0.3 is 22.1 Å². The summed E-state index contributed by atoms with van der Waals surface area (Å²) in [6.45, 7) is 1.57. The highest BCUT2D eigenvalue weighted by Gasteiger charge is 2.15. The predicted molar refractivity (Wildman–Crippen MR) is 97.5 cm³/mol. The van der Waals surface area contributed by atoms with Crippen LogP contribution in [0.5, 0.6) is 0 Å². The summed E-state index contributed by atoms with van der Waals surface area (Å²) in [5, 5.41) is 13.9. The van der Waals surface area contributed by atoms with Gasteiger partial charge in [0.2, 0.25) is 11.9 Å². The minimum Gasteiger partial charge on any atom is -0.368 e. The fourth-order valence-electron chi connectivity index (χ4n) is 2.19. The van der Waals surface area contributed by atoms with E-state index in [1.807, 2.05) is 6.07 Å². The third-order valence-corrected chi connectivity index (χ3v) is 3.59. The fourth-order valence-corrected chi connectivity index (χ4v) is 2.19. The van der Waals surface area contributed by atoms with Crippen molar-refractivity contribution in [1.29, 1.82) is 0 Å². The van der Waals surface area contributed by atoms with Crippen molar-refractivity contribution in [3.05, 3.63) is 48.4 Å². The number of carbonyl (C=O) groups is 2. The summed E-state index contributed by atoms with van der Waals surface area (Å²) >= 11 is 0. The first kappa shape index (κ1) is 17.8. The first-order valence-electron chi connectivity index (χ1n) is 7.90. The molecule has 1 aromatic carbocycles. The number of benzene rings is 1. The van der Waals surface area contributed by atoms with Gasteiger partial charge in [-0.3, -0.25) is 9.59 Å². The van der Waals surface area contributed by atoms with Gasteiger partial charge in [-0.15, -0.1) is 0 Å². The lowest BCUT2D eigenvalue weighted by atomic mass is 10.2. The molecule has 6 N–H and O–H groups in total. The van der Waals surface area contributed by atoms with Gasteiger partial charge in [0.15, 0.2) is 0 Å². The fraction of sp³-hybridized carbons (Fsp3) is 0.125. The van der Waals surface area contributed by atoms with Crippen LogP contribution in [0, 0.1) is 0 Å². The van der Waals surface area contributed by atoms with Gasteiger partial charge in [0.05, 0.1) is 18.1 Å². The summed E-state index contributed by atoms with van der Waals surface area (Å²) in [5.74, 6) is -0.954. The predicted octanol–water partition coefficient (Wildman–Crippen LogP) is 0.185. The molecule has 1 atom stereocenters. The van der Waals surface area contributed by atoms with E-state index in [1.165, 1.54) is 11.0 Å². The van der Waals surface area contributed by atoms with Gasteiger partial charge in [0, 0.05) is 11.9 Å². The van der Waals surface area contributed by atoms with Crippen LogP contribution in [0.1, 0.15) is 17.3 Å². The van der Waals surface area contributed by atoms with E-state index in [9.17, 15) is 9.59 Å². The maximum absolute atomic E-state index is 11.7. The Morgan fingerprint density at radius 2 is 1.93 bits per heavy atom. The van der Waals surface area contributed by atoms with Crippen molar-refractivity contribution in [3.8, 4) is 5.69 Å². The van der Waals surface area contributed by atoms with E-state index in [4.69, 9.17) is 11.5 Å². The lowest BCUT2D eigenvalue weighted by Crippen LogP contribution is -2.33. The van der Waals surface area contributed by atoms with Crippen LogP contribution >= 0.6 is 0 Å². The number of hydrogen-bond donors (Lipinski definition) is 4. The molecule has 0 bridgehead atoms. The van der Waals surface area contributed by atoms with Gasteiger partial charge in [-0.25, -0.2) is 4.98 Å². The monoisotopic (exact) mass is 367 g/mol. The van der Waals surface area contributed by atoms with E-state index in [0.717, 1.165) is 0 Å². The molecule has 0 unspecified atom stereocenters. The Balaban J connectivity index is 1.91. The standard InChI is InChI=1S/C16H17N9O2/c1-9(13(17)26)22-16-19-8-12(14(18)27)15(24-16)23-10-3-2-4-11(7-10)25-20-5-6-21-25/h2-9H,1H3,(H2,17,26)(H2,18,27)(H2,19,22,23,24)/t9-/m1/s1. The quantitative estimate of drug-likeness (QED) is 0.459. The van der Waals surface area contributed by atoms with E-state index in [-0.39, 0.29) is 17.3 Å². The van der Waals surface area contributed by atoms with E-state index in [2.05, 4.69) is 30.8 Å². The number of carbonyl (C=O) groups excluding carboxylic acids is 2. The summed E-state index contributed by atoms with van der Waals surface area (Å²) in [6, 6.07) is 6.47. The number of nitrogens with one attached hydrogen (secondary N) is 2. The molecule has 2 amide bonds. The maximum atomic E-state index is 11.7. The zero-order chi connectivity index (χ0) is 19.4. The molecule has 0 aliphatic carbocycles. The van der Waals surface area contributed by atoms with Crippen molar-refractivity contribution in [3.63, 3.8) is 0 Å². The van der Waals surface area contributed by atoms with Crippen LogP contribution in [0.15, 0.2) is 42.9 Å². The number of nitrogens with two attached hydrogens (primary N) is 2. The van der Waals surface area contributed by atoms with Crippen LogP contribution in [-0.2, 0) is 4.79 Å². The van der Waals surface area contributed by atoms with E-state index in [1.54, 1.807) is 37.5 Å². The molecular formula is C16H17N9O2. The largest absolute Gasteiger partial charge is 0.368 e. The second-order valence-electron chi connectivity index (χ2n) is 5.58. The zero-order valence-electron chi connectivity index (χ0n) is 14.3. The first-order valence-corrected chi connectivity index (χ1v) is 7.90. The Labute approximate surface area is 153 Å². The molecule has 0 aliphatic rings. The topological polar surface area (TPSA) is 167 Å². The van der Waals surface area contributed by atoms with Crippen LogP contribution < -0.4 is 22.1 Å². The molecule has 0 spiro atoms. The van der Waals surface area contributed by atoms with E-state index >= 15 is 0 Å². The van der Waals surface area contributed by atoms with Crippen LogP contribution in [0.4, 0.5) is 17.5 Å². The highest BCUT2D eigenvalue weighted by atomic mass is 16.1. The van der Waals surface area contributed by atoms with Crippen molar-refractivity contribution in [2.75, 3.05) is 10.6 Å². The average molecular weight is 367 g/mol. The SMILES string of the molecule is C[C@@H](Nc1ncc(C(N)=O)c(Nc2cccc(-n3nccn3)c2)n1)C(N)=O. The average Bonchev–Trinajstić information content (AvgIpc) is 3.16. The van der Waals surface area contributed by atoms with Gasteiger partial charge in [-0.2, -0.15) is 20.0 Å². The molecule has 27 heavy (non-hydrogen) atoms. The molecule has 0 saturated carbocycles. The summed E-state index contributed by atoms with van der Waals surface area (Å²) in [5.41, 5.74) is 12.0. The summed E-state index contributed by atoms with van der Waals surface area (Å²) in [7, 11) is 0. The second kappa shape index (κ2) is 7.47. The molecule has 3 rings (SSSR count). The molecule has 11 heteroatoms. The van der Waals surface area contributed by atoms with Crippen molar-refractivity contribution in [1.82, 2.24) is 25.0 Å². The molecular weight excluding hydrogens is 350 g/mol. The zero-order valence-corrected chi connectivity index (χ0v) is 14.3. The van der Waals surface area contributed by atoms with Crippen LogP contribution in [0.2, 0.25) is 0 Å². The number of primary amides is 2. The lowest BCUT2D eigenvalue weighted by molar-refractivity contribution is -0.118. The molecule has 3 aromatic rings. The van der Waals surface area contributed by atoms with Gasteiger partial charge in [0.1, 0.15) is 17.4 Å². The highest BCUT2D eigenvalue weighted by molar-refractivity contribution is 5.98. The summed E-state index contributed by atoms with van der Waals surface area (Å²) in [6.07, 6.45) is 4.40. The number of hydrogen-bond acceptors (Lipinski definition) is 8. The molecule has 2 heterocycles. The Bertz CT molecular complexity index is 972. The molecule has 0 saturated heterocycles. The number of rotatable bonds is 7. The van der Waals surface area contributed by atoms with Crippen molar-refractivity contribution in [2.45, 2.75) is 13.0 Å².